The number of piperidine rings is 3. The summed E-state index contributed by atoms with van der Waals surface area (Å²) in [6, 6.07) is 19.4. The van der Waals surface area contributed by atoms with E-state index in [1.54, 1.807) is 24.3 Å². The molecular formula is C31H32BrF2NO3. The molecule has 3 heterocycles. The number of carbonyl (C=O) groups excluding carboxylic acids is 2. The van der Waals surface area contributed by atoms with Crippen LogP contribution in [0, 0.1) is 30.4 Å². The molecule has 0 N–H and O–H groups in total. The van der Waals surface area contributed by atoms with Crippen molar-refractivity contribution in [3.05, 3.63) is 107 Å². The maximum Gasteiger partial charge on any atom is 0.307 e. The Kier molecular flexibility index (Phi) is 8.78. The molecule has 6 rings (SSSR count). The third kappa shape index (κ3) is 6.38. The molecule has 0 aromatic heterocycles. The quantitative estimate of drug-likeness (QED) is 0.233. The zero-order valence-corrected chi connectivity index (χ0v) is 23.0. The van der Waals surface area contributed by atoms with Gasteiger partial charge in [0.05, 0.1) is 26.1 Å². The van der Waals surface area contributed by atoms with Crippen molar-refractivity contribution in [1.29, 1.82) is 0 Å². The van der Waals surface area contributed by atoms with Crippen molar-refractivity contribution in [2.75, 3.05) is 26.2 Å². The number of hydrogen-bond acceptors (Lipinski definition) is 3. The molecule has 38 heavy (non-hydrogen) atoms. The third-order valence-corrected chi connectivity index (χ3v) is 8.07. The van der Waals surface area contributed by atoms with E-state index < -0.39 is 17.7 Å². The van der Waals surface area contributed by atoms with Gasteiger partial charge in [0.1, 0.15) is 18.2 Å². The summed E-state index contributed by atoms with van der Waals surface area (Å²) < 4.78 is 34.6. The van der Waals surface area contributed by atoms with Crippen LogP contribution in [0.5, 0.6) is 0 Å². The molecule has 0 radical (unpaired) electrons. The van der Waals surface area contributed by atoms with Gasteiger partial charge in [0, 0.05) is 24.3 Å². The molecule has 1 atom stereocenters. The number of quaternary nitrogens is 1. The summed E-state index contributed by atoms with van der Waals surface area (Å²) in [5.74, 6) is -0.612. The zero-order valence-electron chi connectivity index (χ0n) is 21.4. The first kappa shape index (κ1) is 28.1. The molecule has 3 fully saturated rings. The molecule has 0 spiro atoms. The minimum Gasteiger partial charge on any atom is -1.00 e. The van der Waals surface area contributed by atoms with Gasteiger partial charge in [0.2, 0.25) is 5.78 Å². The predicted molar refractivity (Wildman–Crippen MR) is 137 cm³/mol. The number of aryl methyl sites for hydroxylation is 1. The number of ether oxygens (including phenoxy) is 1. The maximum atomic E-state index is 14.0. The van der Waals surface area contributed by atoms with Gasteiger partial charge in [-0.3, -0.25) is 9.59 Å². The van der Waals surface area contributed by atoms with E-state index in [0.717, 1.165) is 43.6 Å². The normalized spacial score (nSPS) is 22.1. The second kappa shape index (κ2) is 11.9. The molecule has 3 aliphatic heterocycles. The Morgan fingerprint density at radius 2 is 1.50 bits per heavy atom. The van der Waals surface area contributed by atoms with Gasteiger partial charge in [-0.2, -0.15) is 0 Å². The largest absolute Gasteiger partial charge is 1.00 e. The highest BCUT2D eigenvalue weighted by molar-refractivity contribution is 5.97. The molecular weight excluding hydrogens is 552 g/mol. The van der Waals surface area contributed by atoms with Crippen LogP contribution < -0.4 is 17.0 Å². The topological polar surface area (TPSA) is 43.4 Å². The molecule has 3 aliphatic rings. The van der Waals surface area contributed by atoms with Crippen LogP contribution in [0.2, 0.25) is 0 Å². The van der Waals surface area contributed by atoms with Crippen LogP contribution >= 0.6 is 0 Å². The number of nitrogens with zero attached hydrogens (tertiary/aromatic N) is 1. The molecule has 0 amide bonds. The van der Waals surface area contributed by atoms with E-state index in [0.29, 0.717) is 28.1 Å². The smallest absolute Gasteiger partial charge is 0.307 e. The molecule has 0 saturated carbocycles. The SMILES string of the molecule is Cc1ccc(C(=O)C[N+]23CCC(CC2)[C@@H](CC(=O)OC(c2cccc(F)c2)c2cccc(F)c2)C3)cc1.[Br-]. The Balaban J connectivity index is 0.00000336. The van der Waals surface area contributed by atoms with Crippen molar-refractivity contribution in [3.63, 3.8) is 0 Å². The minimum absolute atomic E-state index is 0. The number of rotatable bonds is 8. The van der Waals surface area contributed by atoms with Gasteiger partial charge in [0.25, 0.3) is 0 Å². The average Bonchev–Trinajstić information content (AvgIpc) is 2.88. The summed E-state index contributed by atoms with van der Waals surface area (Å²) >= 11 is 0. The van der Waals surface area contributed by atoms with Crippen molar-refractivity contribution < 1.29 is 44.6 Å². The lowest BCUT2D eigenvalue weighted by Gasteiger charge is -2.52. The van der Waals surface area contributed by atoms with Crippen molar-refractivity contribution in [1.82, 2.24) is 0 Å². The molecule has 200 valence electrons. The second-order valence-corrected chi connectivity index (χ2v) is 10.7. The first-order chi connectivity index (χ1) is 17.8. The van der Waals surface area contributed by atoms with Crippen LogP contribution in [0.3, 0.4) is 0 Å². The molecule has 2 bridgehead atoms. The van der Waals surface area contributed by atoms with Gasteiger partial charge < -0.3 is 26.2 Å². The first-order valence-corrected chi connectivity index (χ1v) is 13.0. The Hall–Kier alpha value is -2.90. The first-order valence-electron chi connectivity index (χ1n) is 13.0. The zero-order chi connectivity index (χ0) is 26.0. The summed E-state index contributed by atoms with van der Waals surface area (Å²) in [4.78, 5) is 26.3. The van der Waals surface area contributed by atoms with Crippen molar-refractivity contribution in [3.8, 4) is 0 Å². The monoisotopic (exact) mass is 583 g/mol. The van der Waals surface area contributed by atoms with Gasteiger partial charge in [-0.15, -0.1) is 0 Å². The molecule has 0 unspecified atom stereocenters. The van der Waals surface area contributed by atoms with Gasteiger partial charge in [-0.1, -0.05) is 54.1 Å². The minimum atomic E-state index is -0.897. The standard InChI is InChI=1S/C31H32F2NO3.BrH/c1-21-8-10-23(11-9-21)29(35)20-34-14-12-22(13-15-34)26(19-34)18-30(36)37-31(24-4-2-6-27(32)16-24)25-5-3-7-28(33)17-25;/h2-11,16-17,22,26,31H,12-15,18-20H2,1H3;1H/q+1;/p-1/t22?,26-,34?;/m0./s1. The molecule has 7 heteroatoms. The molecule has 0 aliphatic carbocycles. The molecule has 3 aromatic carbocycles. The van der Waals surface area contributed by atoms with E-state index in [-0.39, 0.29) is 41.1 Å². The van der Waals surface area contributed by atoms with Crippen LogP contribution in [0.15, 0.2) is 72.8 Å². The van der Waals surface area contributed by atoms with Crippen LogP contribution in [0.4, 0.5) is 8.78 Å². The van der Waals surface area contributed by atoms with Gasteiger partial charge >= 0.3 is 5.97 Å². The number of fused-ring (bicyclic) bond motifs is 3. The number of ketones is 1. The number of halogens is 3. The summed E-state index contributed by atoms with van der Waals surface area (Å²) in [6.45, 7) is 5.10. The third-order valence-electron chi connectivity index (χ3n) is 8.07. The fourth-order valence-electron chi connectivity index (χ4n) is 6.09. The Bertz CT molecular complexity index is 1240. The highest BCUT2D eigenvalue weighted by atomic mass is 79.9. The van der Waals surface area contributed by atoms with E-state index in [9.17, 15) is 18.4 Å². The average molecular weight is 585 g/mol. The number of hydrogen-bond donors (Lipinski definition) is 0. The molecule has 3 saturated heterocycles. The number of Topliss-reactive ketones (excluding diaryl/α,β-unsaturated/α-hetero) is 1. The van der Waals surface area contributed by atoms with E-state index in [1.807, 2.05) is 31.2 Å². The fraction of sp³-hybridized carbons (Fsp3) is 0.355. The lowest BCUT2D eigenvalue weighted by molar-refractivity contribution is -0.939. The van der Waals surface area contributed by atoms with Crippen LogP contribution in [-0.2, 0) is 9.53 Å². The summed E-state index contributed by atoms with van der Waals surface area (Å²) in [5, 5.41) is 0. The van der Waals surface area contributed by atoms with E-state index in [4.69, 9.17) is 4.74 Å². The van der Waals surface area contributed by atoms with Crippen LogP contribution in [0.25, 0.3) is 0 Å². The van der Waals surface area contributed by atoms with Crippen LogP contribution in [-0.4, -0.2) is 42.4 Å². The lowest BCUT2D eigenvalue weighted by Crippen LogP contribution is -3.00. The van der Waals surface area contributed by atoms with Crippen LogP contribution in [0.1, 0.15) is 52.4 Å². The predicted octanol–water partition coefficient (Wildman–Crippen LogP) is 3.04. The lowest BCUT2D eigenvalue weighted by atomic mass is 9.75. The molecule has 4 nitrogen and oxygen atoms in total. The van der Waals surface area contributed by atoms with Gasteiger partial charge in [0.15, 0.2) is 6.10 Å². The Morgan fingerprint density at radius 3 is 2.05 bits per heavy atom. The van der Waals surface area contributed by atoms with E-state index >= 15 is 0 Å². The highest BCUT2D eigenvalue weighted by Gasteiger charge is 2.47. The van der Waals surface area contributed by atoms with Crippen molar-refractivity contribution >= 4 is 11.8 Å². The summed E-state index contributed by atoms with van der Waals surface area (Å²) in [7, 11) is 0. The highest BCUT2D eigenvalue weighted by Crippen LogP contribution is 2.40. The Labute approximate surface area is 233 Å². The Morgan fingerprint density at radius 1 is 0.921 bits per heavy atom. The van der Waals surface area contributed by atoms with E-state index in [2.05, 4.69) is 0 Å². The number of carbonyl (C=O) groups is 2. The number of esters is 1. The van der Waals surface area contributed by atoms with Crippen molar-refractivity contribution in [2.24, 2.45) is 11.8 Å². The van der Waals surface area contributed by atoms with Crippen molar-refractivity contribution in [2.45, 2.75) is 32.3 Å². The molecule has 3 aromatic rings. The fourth-order valence-corrected chi connectivity index (χ4v) is 6.09. The van der Waals surface area contributed by atoms with E-state index in [1.165, 1.54) is 24.3 Å². The maximum absolute atomic E-state index is 14.0. The summed E-state index contributed by atoms with van der Waals surface area (Å²) in [6.07, 6.45) is 1.29. The second-order valence-electron chi connectivity index (χ2n) is 10.7. The van der Waals surface area contributed by atoms with Gasteiger partial charge in [-0.25, -0.2) is 8.78 Å². The summed E-state index contributed by atoms with van der Waals surface area (Å²) in [5.41, 5.74) is 2.77. The van der Waals surface area contributed by atoms with Gasteiger partial charge in [-0.05, 0) is 48.2 Å². The number of benzene rings is 3.